The normalized spacial score (nSPS) is 38.4. The van der Waals surface area contributed by atoms with Crippen LogP contribution >= 0.6 is 0 Å². The molecule has 3 atom stereocenters. The van der Waals surface area contributed by atoms with Gasteiger partial charge in [-0.2, -0.15) is 0 Å². The summed E-state index contributed by atoms with van der Waals surface area (Å²) >= 11 is 0. The molecule has 0 spiro atoms. The van der Waals surface area contributed by atoms with Gasteiger partial charge in [0, 0.05) is 31.7 Å². The van der Waals surface area contributed by atoms with E-state index in [-0.39, 0.29) is 18.7 Å². The number of fused-ring (bicyclic) bond motifs is 2. The van der Waals surface area contributed by atoms with E-state index in [1.54, 1.807) is 0 Å². The van der Waals surface area contributed by atoms with E-state index >= 15 is 0 Å². The second-order valence-corrected chi connectivity index (χ2v) is 7.73. The fraction of sp³-hybridized carbons (Fsp3) is 0.941. The van der Waals surface area contributed by atoms with Gasteiger partial charge in [-0.3, -0.25) is 4.90 Å². The summed E-state index contributed by atoms with van der Waals surface area (Å²) < 4.78 is 5.44. The number of hydrogen-bond acceptors (Lipinski definition) is 4. The molecule has 0 aromatic heterocycles. The van der Waals surface area contributed by atoms with E-state index in [4.69, 9.17) is 4.74 Å². The van der Waals surface area contributed by atoms with Crippen LogP contribution in [0.3, 0.4) is 0 Å². The Labute approximate surface area is 138 Å². The Morgan fingerprint density at radius 1 is 1.13 bits per heavy atom. The number of piperidine rings is 1. The van der Waals surface area contributed by atoms with E-state index in [9.17, 15) is 9.90 Å². The number of nitrogens with one attached hydrogen (secondary N) is 1. The number of aliphatic hydroxyl groups is 1. The summed E-state index contributed by atoms with van der Waals surface area (Å²) in [5.41, 5.74) is 0. The van der Waals surface area contributed by atoms with Crippen molar-refractivity contribution in [2.75, 3.05) is 39.4 Å². The largest absolute Gasteiger partial charge is 0.394 e. The number of amides is 2. The summed E-state index contributed by atoms with van der Waals surface area (Å²) in [7, 11) is 0. The molecule has 0 aromatic rings. The number of nitrogens with zero attached hydrogens (tertiary/aromatic N) is 2. The van der Waals surface area contributed by atoms with Crippen LogP contribution < -0.4 is 5.32 Å². The molecule has 2 heterocycles. The van der Waals surface area contributed by atoms with Gasteiger partial charge in [0.05, 0.1) is 25.9 Å². The summed E-state index contributed by atoms with van der Waals surface area (Å²) in [6, 6.07) is 1.20. The third-order valence-electron chi connectivity index (χ3n) is 6.09. The quantitative estimate of drug-likeness (QED) is 0.800. The van der Waals surface area contributed by atoms with E-state index in [0.29, 0.717) is 37.6 Å². The average Bonchev–Trinajstić information content (AvgIpc) is 3.39. The topological polar surface area (TPSA) is 65.0 Å². The molecule has 0 radical (unpaired) electrons. The van der Waals surface area contributed by atoms with Crippen molar-refractivity contribution in [2.24, 2.45) is 11.8 Å². The number of urea groups is 1. The zero-order valence-corrected chi connectivity index (χ0v) is 13.8. The van der Waals surface area contributed by atoms with Crippen LogP contribution in [0.25, 0.3) is 0 Å². The Hall–Kier alpha value is -0.850. The number of hydrogen-bond donors (Lipinski definition) is 2. The van der Waals surface area contributed by atoms with E-state index in [2.05, 4.69) is 10.2 Å². The molecule has 2 amide bonds. The summed E-state index contributed by atoms with van der Waals surface area (Å²) in [6.07, 6.45) is 6.30. The third kappa shape index (κ3) is 3.35. The number of ether oxygens (including phenoxy) is 1. The van der Waals surface area contributed by atoms with Crippen LogP contribution in [0.4, 0.5) is 4.79 Å². The standard InChI is InChI=1S/C17H29N3O3/c21-11-15-10-19(6-7-23-15)17(22)18-16-12-2-1-3-13(16)9-20(8-12)14-4-5-14/h12-16,21H,1-11H2,(H,18,22)/t12-,13-,15+/m0/s1. The lowest BCUT2D eigenvalue weighted by molar-refractivity contribution is -0.0419. The molecule has 2 N–H and O–H groups in total. The van der Waals surface area contributed by atoms with Gasteiger partial charge in [-0.05, 0) is 37.5 Å². The first-order valence-electron chi connectivity index (χ1n) is 9.26. The van der Waals surface area contributed by atoms with Gasteiger partial charge in [-0.25, -0.2) is 4.79 Å². The Bertz CT molecular complexity index is 429. The maximum atomic E-state index is 12.7. The van der Waals surface area contributed by atoms with E-state index in [1.807, 2.05) is 4.90 Å². The smallest absolute Gasteiger partial charge is 0.317 e. The number of morpholine rings is 1. The van der Waals surface area contributed by atoms with Gasteiger partial charge in [0.1, 0.15) is 0 Å². The molecule has 2 saturated heterocycles. The summed E-state index contributed by atoms with van der Waals surface area (Å²) in [6.45, 7) is 3.95. The SMILES string of the molecule is O=C(NC1[C@H]2CCC[C@H]1CN(C1CC1)C2)N1CCO[C@@H](CO)C1. The molecule has 2 saturated carbocycles. The Morgan fingerprint density at radius 2 is 1.87 bits per heavy atom. The number of rotatable bonds is 3. The fourth-order valence-corrected chi connectivity index (χ4v) is 4.69. The van der Waals surface area contributed by atoms with Crippen molar-refractivity contribution in [2.45, 2.75) is 50.3 Å². The molecule has 0 aromatic carbocycles. The molecule has 4 rings (SSSR count). The molecule has 2 aliphatic heterocycles. The monoisotopic (exact) mass is 323 g/mol. The molecule has 130 valence electrons. The Morgan fingerprint density at radius 3 is 2.52 bits per heavy atom. The predicted octanol–water partition coefficient (Wildman–Crippen LogP) is 0.652. The first-order chi connectivity index (χ1) is 11.2. The molecule has 2 bridgehead atoms. The zero-order valence-electron chi connectivity index (χ0n) is 13.8. The van der Waals surface area contributed by atoms with Crippen molar-refractivity contribution >= 4 is 6.03 Å². The minimum absolute atomic E-state index is 0.0190. The van der Waals surface area contributed by atoms with Crippen LogP contribution in [-0.4, -0.2) is 78.5 Å². The first-order valence-corrected chi connectivity index (χ1v) is 9.26. The molecule has 4 aliphatic rings. The highest BCUT2D eigenvalue weighted by atomic mass is 16.5. The van der Waals surface area contributed by atoms with Crippen LogP contribution in [0.2, 0.25) is 0 Å². The highest BCUT2D eigenvalue weighted by Crippen LogP contribution is 2.39. The van der Waals surface area contributed by atoms with Crippen molar-refractivity contribution in [3.63, 3.8) is 0 Å². The van der Waals surface area contributed by atoms with Gasteiger partial charge in [-0.15, -0.1) is 0 Å². The zero-order chi connectivity index (χ0) is 15.8. The molecular weight excluding hydrogens is 294 g/mol. The van der Waals surface area contributed by atoms with E-state index in [1.165, 1.54) is 32.1 Å². The predicted molar refractivity (Wildman–Crippen MR) is 86.1 cm³/mol. The summed E-state index contributed by atoms with van der Waals surface area (Å²) in [4.78, 5) is 17.1. The van der Waals surface area contributed by atoms with Crippen LogP contribution in [0.1, 0.15) is 32.1 Å². The molecular formula is C17H29N3O3. The lowest BCUT2D eigenvalue weighted by atomic mass is 9.73. The van der Waals surface area contributed by atoms with Crippen molar-refractivity contribution < 1.29 is 14.6 Å². The lowest BCUT2D eigenvalue weighted by Gasteiger charge is -2.48. The summed E-state index contributed by atoms with van der Waals surface area (Å²) in [5, 5.41) is 12.6. The fourth-order valence-electron chi connectivity index (χ4n) is 4.69. The maximum absolute atomic E-state index is 12.7. The number of carbonyl (C=O) groups is 1. The second kappa shape index (κ2) is 6.57. The van der Waals surface area contributed by atoms with Gasteiger partial charge in [0.15, 0.2) is 0 Å². The summed E-state index contributed by atoms with van der Waals surface area (Å²) in [5.74, 6) is 1.23. The minimum atomic E-state index is -0.231. The third-order valence-corrected chi connectivity index (χ3v) is 6.09. The molecule has 0 unspecified atom stereocenters. The second-order valence-electron chi connectivity index (χ2n) is 7.73. The molecule has 2 aliphatic carbocycles. The van der Waals surface area contributed by atoms with Crippen molar-refractivity contribution in [1.29, 1.82) is 0 Å². The molecule has 23 heavy (non-hydrogen) atoms. The molecule has 6 heteroatoms. The highest BCUT2D eigenvalue weighted by molar-refractivity contribution is 5.74. The number of likely N-dealkylation sites (tertiary alicyclic amines) is 1. The van der Waals surface area contributed by atoms with Crippen LogP contribution in [0.5, 0.6) is 0 Å². The number of carbonyl (C=O) groups excluding carboxylic acids is 1. The van der Waals surface area contributed by atoms with Gasteiger partial charge in [0.25, 0.3) is 0 Å². The van der Waals surface area contributed by atoms with Crippen molar-refractivity contribution in [3.8, 4) is 0 Å². The number of aliphatic hydroxyl groups excluding tert-OH is 1. The minimum Gasteiger partial charge on any atom is -0.394 e. The highest BCUT2D eigenvalue weighted by Gasteiger charge is 2.44. The average molecular weight is 323 g/mol. The van der Waals surface area contributed by atoms with E-state index in [0.717, 1.165) is 19.1 Å². The van der Waals surface area contributed by atoms with Gasteiger partial charge >= 0.3 is 6.03 Å². The van der Waals surface area contributed by atoms with Crippen molar-refractivity contribution in [1.82, 2.24) is 15.1 Å². The Kier molecular flexibility index (Phi) is 4.48. The lowest BCUT2D eigenvalue weighted by Crippen LogP contribution is -2.61. The molecule has 4 fully saturated rings. The van der Waals surface area contributed by atoms with Crippen LogP contribution in [0.15, 0.2) is 0 Å². The van der Waals surface area contributed by atoms with Crippen LogP contribution in [-0.2, 0) is 4.74 Å². The maximum Gasteiger partial charge on any atom is 0.317 e. The van der Waals surface area contributed by atoms with E-state index < -0.39 is 0 Å². The van der Waals surface area contributed by atoms with Gasteiger partial charge < -0.3 is 20.1 Å². The van der Waals surface area contributed by atoms with Gasteiger partial charge in [-0.1, -0.05) is 6.42 Å². The Balaban J connectivity index is 1.37. The van der Waals surface area contributed by atoms with Crippen molar-refractivity contribution in [3.05, 3.63) is 0 Å². The molecule has 6 nitrogen and oxygen atoms in total. The van der Waals surface area contributed by atoms with Crippen LogP contribution in [0, 0.1) is 11.8 Å². The van der Waals surface area contributed by atoms with Gasteiger partial charge in [0.2, 0.25) is 0 Å². The first kappa shape index (κ1) is 15.7.